The summed E-state index contributed by atoms with van der Waals surface area (Å²) in [6.45, 7) is 6.58. The van der Waals surface area contributed by atoms with Crippen LogP contribution in [0.15, 0.2) is 36.4 Å². The third-order valence-corrected chi connectivity index (χ3v) is 5.25. The predicted octanol–water partition coefficient (Wildman–Crippen LogP) is 3.59. The summed E-state index contributed by atoms with van der Waals surface area (Å²) in [4.78, 5) is 27.0. The minimum Gasteiger partial charge on any atom is -0.477 e. The normalized spacial score (nSPS) is 14.1. The Labute approximate surface area is 168 Å². The number of anilines is 1. The second-order valence-corrected chi connectivity index (χ2v) is 7.18. The van der Waals surface area contributed by atoms with Gasteiger partial charge in [-0.1, -0.05) is 23.7 Å². The fourth-order valence-corrected chi connectivity index (χ4v) is 3.43. The van der Waals surface area contributed by atoms with Gasteiger partial charge in [0.2, 0.25) is 0 Å². The third kappa shape index (κ3) is 4.36. The van der Waals surface area contributed by atoms with Gasteiger partial charge in [0, 0.05) is 43.0 Å². The summed E-state index contributed by atoms with van der Waals surface area (Å²) in [7, 11) is 0. The standard InChI is InChI=1S/C20H22ClN3O4/c1-14-4-3-5-17(15(14)2)22-8-10-23(11-9-22)20(25)13-28-19-7-6-16(21)12-18(19)24(26)27/h3-7,12H,8-11,13H2,1-2H3. The molecule has 1 fully saturated rings. The SMILES string of the molecule is Cc1cccc(N2CCN(C(=O)COc3ccc(Cl)cc3[N+](=O)[O-])CC2)c1C. The molecule has 148 valence electrons. The number of hydrogen-bond acceptors (Lipinski definition) is 5. The maximum absolute atomic E-state index is 12.5. The molecule has 0 spiro atoms. The lowest BCUT2D eigenvalue weighted by atomic mass is 10.1. The molecule has 0 N–H and O–H groups in total. The molecule has 2 aromatic carbocycles. The molecule has 0 saturated carbocycles. The summed E-state index contributed by atoms with van der Waals surface area (Å²) in [6.07, 6.45) is 0. The van der Waals surface area contributed by atoms with Gasteiger partial charge in [0.15, 0.2) is 12.4 Å². The average molecular weight is 404 g/mol. The Balaban J connectivity index is 1.58. The van der Waals surface area contributed by atoms with Crippen LogP contribution >= 0.6 is 11.6 Å². The van der Waals surface area contributed by atoms with Gasteiger partial charge in [-0.3, -0.25) is 14.9 Å². The van der Waals surface area contributed by atoms with Crippen molar-refractivity contribution in [2.75, 3.05) is 37.7 Å². The largest absolute Gasteiger partial charge is 0.477 e. The number of nitro benzene ring substituents is 1. The highest BCUT2D eigenvalue weighted by Crippen LogP contribution is 2.30. The van der Waals surface area contributed by atoms with E-state index in [1.165, 1.54) is 35.0 Å². The molecule has 1 heterocycles. The van der Waals surface area contributed by atoms with Crippen LogP contribution in [0, 0.1) is 24.0 Å². The first-order chi connectivity index (χ1) is 13.4. The number of aryl methyl sites for hydroxylation is 1. The molecule has 7 nitrogen and oxygen atoms in total. The van der Waals surface area contributed by atoms with Crippen molar-refractivity contribution in [2.45, 2.75) is 13.8 Å². The Morgan fingerprint density at radius 3 is 2.57 bits per heavy atom. The number of halogens is 1. The molecule has 3 rings (SSSR count). The third-order valence-electron chi connectivity index (χ3n) is 5.02. The molecule has 0 atom stereocenters. The van der Waals surface area contributed by atoms with Crippen LogP contribution in [-0.2, 0) is 4.79 Å². The van der Waals surface area contributed by atoms with Gasteiger partial charge >= 0.3 is 5.69 Å². The van der Waals surface area contributed by atoms with Crippen LogP contribution in [0.25, 0.3) is 0 Å². The Morgan fingerprint density at radius 2 is 1.89 bits per heavy atom. The van der Waals surface area contributed by atoms with E-state index in [1.807, 2.05) is 6.07 Å². The first kappa shape index (κ1) is 19.9. The summed E-state index contributed by atoms with van der Waals surface area (Å²) < 4.78 is 5.41. The average Bonchev–Trinajstić information content (AvgIpc) is 2.69. The van der Waals surface area contributed by atoms with Gasteiger partial charge < -0.3 is 14.5 Å². The van der Waals surface area contributed by atoms with Crippen LogP contribution in [0.1, 0.15) is 11.1 Å². The van der Waals surface area contributed by atoms with E-state index < -0.39 is 4.92 Å². The predicted molar refractivity (Wildman–Crippen MR) is 108 cm³/mol. The number of carbonyl (C=O) groups is 1. The Morgan fingerprint density at radius 1 is 1.18 bits per heavy atom. The molecule has 0 radical (unpaired) electrons. The molecule has 0 aliphatic carbocycles. The van der Waals surface area contributed by atoms with Gasteiger partial charge in [-0.25, -0.2) is 0 Å². The van der Waals surface area contributed by atoms with Crippen molar-refractivity contribution >= 4 is 28.9 Å². The molecule has 1 aliphatic heterocycles. The number of hydrogen-bond donors (Lipinski definition) is 0. The number of benzene rings is 2. The Hall–Kier alpha value is -2.80. The first-order valence-corrected chi connectivity index (χ1v) is 9.40. The van der Waals surface area contributed by atoms with Gasteiger partial charge in [0.1, 0.15) is 0 Å². The van der Waals surface area contributed by atoms with Gasteiger partial charge in [-0.2, -0.15) is 0 Å². The lowest BCUT2D eigenvalue weighted by Crippen LogP contribution is -2.50. The van der Waals surface area contributed by atoms with E-state index in [1.54, 1.807) is 4.90 Å². The molecular weight excluding hydrogens is 382 g/mol. The van der Waals surface area contributed by atoms with Crippen molar-refractivity contribution < 1.29 is 14.5 Å². The van der Waals surface area contributed by atoms with Crippen molar-refractivity contribution in [3.8, 4) is 5.75 Å². The summed E-state index contributed by atoms with van der Waals surface area (Å²) in [6, 6.07) is 10.4. The Kier molecular flexibility index (Phi) is 6.04. The second-order valence-electron chi connectivity index (χ2n) is 6.74. The van der Waals surface area contributed by atoms with Crippen LogP contribution in [0.2, 0.25) is 5.02 Å². The summed E-state index contributed by atoms with van der Waals surface area (Å²) in [5.41, 5.74) is 3.44. The van der Waals surface area contributed by atoms with Crippen molar-refractivity contribution in [3.05, 3.63) is 62.7 Å². The molecule has 0 aromatic heterocycles. The van der Waals surface area contributed by atoms with Crippen LogP contribution in [0.4, 0.5) is 11.4 Å². The van der Waals surface area contributed by atoms with Crippen LogP contribution < -0.4 is 9.64 Å². The number of rotatable bonds is 5. The molecule has 0 unspecified atom stereocenters. The lowest BCUT2D eigenvalue weighted by Gasteiger charge is -2.37. The lowest BCUT2D eigenvalue weighted by molar-refractivity contribution is -0.385. The highest BCUT2D eigenvalue weighted by molar-refractivity contribution is 6.30. The van der Waals surface area contributed by atoms with E-state index in [9.17, 15) is 14.9 Å². The quantitative estimate of drug-likeness (QED) is 0.563. The second kappa shape index (κ2) is 8.48. The van der Waals surface area contributed by atoms with Gasteiger partial charge in [-0.15, -0.1) is 0 Å². The van der Waals surface area contributed by atoms with E-state index in [4.69, 9.17) is 16.3 Å². The molecule has 28 heavy (non-hydrogen) atoms. The van der Waals surface area contributed by atoms with Crippen molar-refractivity contribution in [1.82, 2.24) is 4.90 Å². The van der Waals surface area contributed by atoms with E-state index in [0.717, 1.165) is 13.1 Å². The number of piperazine rings is 1. The minimum absolute atomic E-state index is 0.0387. The summed E-state index contributed by atoms with van der Waals surface area (Å²) in [5, 5.41) is 11.4. The van der Waals surface area contributed by atoms with Crippen LogP contribution in [0.3, 0.4) is 0 Å². The summed E-state index contributed by atoms with van der Waals surface area (Å²) >= 11 is 5.79. The number of carbonyl (C=O) groups excluding carboxylic acids is 1. The minimum atomic E-state index is -0.575. The van der Waals surface area contributed by atoms with Gasteiger partial charge in [0.25, 0.3) is 5.91 Å². The smallest absolute Gasteiger partial charge is 0.312 e. The summed E-state index contributed by atoms with van der Waals surface area (Å²) in [5.74, 6) is -0.151. The number of nitrogens with zero attached hydrogens (tertiary/aromatic N) is 3. The first-order valence-electron chi connectivity index (χ1n) is 9.02. The molecule has 1 saturated heterocycles. The number of ether oxygens (including phenoxy) is 1. The Bertz CT molecular complexity index is 895. The topological polar surface area (TPSA) is 75.9 Å². The maximum atomic E-state index is 12.5. The van der Waals surface area contributed by atoms with Crippen LogP contribution in [0.5, 0.6) is 5.75 Å². The number of amides is 1. The zero-order valence-corrected chi connectivity index (χ0v) is 16.6. The maximum Gasteiger partial charge on any atom is 0.312 e. The fourth-order valence-electron chi connectivity index (χ4n) is 3.26. The molecule has 0 bridgehead atoms. The van der Waals surface area contributed by atoms with E-state index >= 15 is 0 Å². The zero-order valence-electron chi connectivity index (χ0n) is 15.9. The van der Waals surface area contributed by atoms with Gasteiger partial charge in [-0.05, 0) is 43.2 Å². The molecule has 8 heteroatoms. The van der Waals surface area contributed by atoms with Crippen molar-refractivity contribution in [3.63, 3.8) is 0 Å². The van der Waals surface area contributed by atoms with E-state index in [2.05, 4.69) is 30.9 Å². The highest BCUT2D eigenvalue weighted by atomic mass is 35.5. The molecule has 1 aliphatic rings. The molecule has 1 amide bonds. The molecule has 2 aromatic rings. The van der Waals surface area contributed by atoms with Crippen molar-refractivity contribution in [1.29, 1.82) is 0 Å². The van der Waals surface area contributed by atoms with Gasteiger partial charge in [0.05, 0.1) is 4.92 Å². The fraction of sp³-hybridized carbons (Fsp3) is 0.350. The highest BCUT2D eigenvalue weighted by Gasteiger charge is 2.24. The monoisotopic (exact) mass is 403 g/mol. The van der Waals surface area contributed by atoms with E-state index in [0.29, 0.717) is 13.1 Å². The number of nitro groups is 1. The van der Waals surface area contributed by atoms with E-state index in [-0.39, 0.29) is 29.0 Å². The molecular formula is C20H22ClN3O4. The zero-order chi connectivity index (χ0) is 20.3. The van der Waals surface area contributed by atoms with Crippen LogP contribution in [-0.4, -0.2) is 48.5 Å². The van der Waals surface area contributed by atoms with Crippen molar-refractivity contribution in [2.24, 2.45) is 0 Å².